The zero-order chi connectivity index (χ0) is 50.0. The first-order chi connectivity index (χ1) is 34.0. The van der Waals surface area contributed by atoms with Gasteiger partial charge in [0.15, 0.2) is 5.58 Å². The number of rotatable bonds is 2. The lowest BCUT2D eigenvalue weighted by Gasteiger charge is -2.47. The van der Waals surface area contributed by atoms with E-state index >= 15 is 0 Å². The molecule has 5 aliphatic rings. The van der Waals surface area contributed by atoms with Gasteiger partial charge in [0.2, 0.25) is 0 Å². The molecule has 2 aromatic heterocycles. The fourth-order valence-electron chi connectivity index (χ4n) is 14.6. The summed E-state index contributed by atoms with van der Waals surface area (Å²) in [7, 11) is 0. The van der Waals surface area contributed by atoms with Gasteiger partial charge in [0.25, 0.3) is 6.71 Å². The predicted octanol–water partition coefficient (Wildman–Crippen LogP) is 17.4. The third-order valence-corrected chi connectivity index (χ3v) is 20.6. The van der Waals surface area contributed by atoms with Crippen molar-refractivity contribution in [1.82, 2.24) is 0 Å². The van der Waals surface area contributed by atoms with E-state index in [1.165, 1.54) is 136 Å². The summed E-state index contributed by atoms with van der Waals surface area (Å²) in [6.45, 7) is 32.1. The SMILES string of the molecule is Cc1cc2c3c(c1)N(c1cccc4c1oc1cc5ccccc5cc14)c1cc4c(cc1B3c1sc3cc5c(cc3c1N2c1ccc2c(c1)C(C)(C)CCC2(C)C)C(C)(C)CCC5(C)C)C(C)(C)CCC4(C)C. The Labute approximate surface area is 431 Å². The molecule has 0 amide bonds. The molecule has 72 heavy (non-hydrogen) atoms. The maximum absolute atomic E-state index is 7.20. The zero-order valence-electron chi connectivity index (χ0n) is 44.9. The second-order valence-corrected chi connectivity index (χ2v) is 28.1. The summed E-state index contributed by atoms with van der Waals surface area (Å²) in [5.41, 5.74) is 22.9. The molecule has 0 unspecified atom stereocenters. The molecule has 362 valence electrons. The number of fused-ring (bicyclic) bond motifs is 13. The number of aryl methyl sites for hydroxylation is 1. The van der Waals surface area contributed by atoms with Crippen molar-refractivity contribution >= 4 is 111 Å². The quantitative estimate of drug-likeness (QED) is 0.161. The third-order valence-electron chi connectivity index (χ3n) is 19.4. The molecule has 9 aromatic rings. The predicted molar refractivity (Wildman–Crippen MR) is 311 cm³/mol. The van der Waals surface area contributed by atoms with Crippen molar-refractivity contribution in [3.05, 3.63) is 148 Å². The van der Waals surface area contributed by atoms with Crippen LogP contribution in [0.4, 0.5) is 34.1 Å². The molecule has 0 saturated heterocycles. The van der Waals surface area contributed by atoms with Crippen LogP contribution in [-0.4, -0.2) is 6.71 Å². The van der Waals surface area contributed by atoms with Gasteiger partial charge in [-0.3, -0.25) is 0 Å². The van der Waals surface area contributed by atoms with Gasteiger partial charge < -0.3 is 14.2 Å². The normalized spacial score (nSPS) is 20.3. The molecule has 0 saturated carbocycles. The van der Waals surface area contributed by atoms with Gasteiger partial charge >= 0.3 is 0 Å². The average Bonchev–Trinajstić information content (AvgIpc) is 3.89. The maximum Gasteiger partial charge on any atom is 0.264 e. The van der Waals surface area contributed by atoms with Gasteiger partial charge in [-0.1, -0.05) is 132 Å². The number of nitrogens with zero attached hydrogens (tertiary/aromatic N) is 2. The highest BCUT2D eigenvalue weighted by atomic mass is 32.1. The lowest BCUT2D eigenvalue weighted by Crippen LogP contribution is -2.61. The minimum absolute atomic E-state index is 0.0225. The molecule has 3 nitrogen and oxygen atoms in total. The van der Waals surface area contributed by atoms with Crippen molar-refractivity contribution < 1.29 is 4.42 Å². The Morgan fingerprint density at radius 2 is 1.01 bits per heavy atom. The van der Waals surface area contributed by atoms with Crippen molar-refractivity contribution in [2.75, 3.05) is 9.80 Å². The largest absolute Gasteiger partial charge is 0.454 e. The Bertz CT molecular complexity index is 3870. The molecule has 0 radical (unpaired) electrons. The monoisotopic (exact) mass is 961 g/mol. The highest BCUT2D eigenvalue weighted by Crippen LogP contribution is 2.56. The Morgan fingerprint density at radius 3 is 1.67 bits per heavy atom. The number of benzene rings is 7. The van der Waals surface area contributed by atoms with Gasteiger partial charge in [-0.05, 0) is 199 Å². The molecular weight excluding hydrogens is 892 g/mol. The standard InChI is InChI=1S/C67H69BN2OS/c1-38-29-54-58-55(30-38)70(52-20-16-19-42-43-31-39-17-14-15-18-40(39)32-56(43)71-60(42)52)53-36-49-48(65(8,9)26-27-66(49,10)11)35-51(53)68(58)61-59(44-34-47-50(37-57(44)72-61)67(12,13)28-25-64(47,6)7)69(54)41-21-22-45-46(33-41)63(4,5)24-23-62(45,2)3/h14-22,29-37H,23-28H2,1-13H3. The smallest absolute Gasteiger partial charge is 0.264 e. The summed E-state index contributed by atoms with van der Waals surface area (Å²) in [6.07, 6.45) is 7.08. The van der Waals surface area contributed by atoms with Crippen molar-refractivity contribution in [2.24, 2.45) is 0 Å². The van der Waals surface area contributed by atoms with E-state index in [2.05, 4.69) is 220 Å². The molecule has 5 heteroatoms. The Morgan fingerprint density at radius 1 is 0.458 bits per heavy atom. The minimum atomic E-state index is 0.0225. The Kier molecular flexibility index (Phi) is 8.91. The van der Waals surface area contributed by atoms with Gasteiger partial charge in [-0.2, -0.15) is 0 Å². The maximum atomic E-state index is 7.20. The summed E-state index contributed by atoms with van der Waals surface area (Å²) in [5.74, 6) is 0. The van der Waals surface area contributed by atoms with Crippen LogP contribution in [0.5, 0.6) is 0 Å². The van der Waals surface area contributed by atoms with Crippen LogP contribution in [0.2, 0.25) is 0 Å². The second-order valence-electron chi connectivity index (χ2n) is 27.0. The lowest BCUT2D eigenvalue weighted by atomic mass is 9.35. The van der Waals surface area contributed by atoms with Crippen LogP contribution in [0.3, 0.4) is 0 Å². The van der Waals surface area contributed by atoms with E-state index in [1.54, 1.807) is 0 Å². The molecule has 3 aliphatic carbocycles. The van der Waals surface area contributed by atoms with Gasteiger partial charge in [0, 0.05) is 48.4 Å². The molecule has 4 heterocycles. The number of anilines is 6. The second kappa shape index (κ2) is 14.3. The molecule has 0 bridgehead atoms. The molecule has 0 N–H and O–H groups in total. The number of thiophene rings is 1. The van der Waals surface area contributed by atoms with Crippen LogP contribution in [0.15, 0.2) is 114 Å². The molecule has 0 fully saturated rings. The molecular formula is C67H69BN2OS. The fourth-order valence-corrected chi connectivity index (χ4v) is 16.0. The first-order valence-electron chi connectivity index (χ1n) is 27.1. The van der Waals surface area contributed by atoms with E-state index in [-0.39, 0.29) is 39.2 Å². The van der Waals surface area contributed by atoms with Crippen LogP contribution in [0.25, 0.3) is 42.8 Å². The summed E-state index contributed by atoms with van der Waals surface area (Å²) in [4.78, 5) is 5.38. The number of para-hydroxylation sites is 1. The van der Waals surface area contributed by atoms with Crippen molar-refractivity contribution in [2.45, 2.75) is 161 Å². The van der Waals surface area contributed by atoms with Crippen LogP contribution in [0, 0.1) is 6.92 Å². The highest BCUT2D eigenvalue weighted by molar-refractivity contribution is 7.33. The molecule has 14 rings (SSSR count). The number of hydrogen-bond donors (Lipinski definition) is 0. The van der Waals surface area contributed by atoms with Gasteiger partial charge in [0.05, 0.1) is 11.4 Å². The Balaban J connectivity index is 1.12. The van der Waals surface area contributed by atoms with Gasteiger partial charge in [-0.15, -0.1) is 11.3 Å². The van der Waals surface area contributed by atoms with E-state index in [9.17, 15) is 0 Å². The summed E-state index contributed by atoms with van der Waals surface area (Å²) in [6, 6.07) is 43.4. The lowest BCUT2D eigenvalue weighted by molar-refractivity contribution is 0.332. The average molecular weight is 961 g/mol. The zero-order valence-corrected chi connectivity index (χ0v) is 45.7. The van der Waals surface area contributed by atoms with E-state index in [0.29, 0.717) is 0 Å². The summed E-state index contributed by atoms with van der Waals surface area (Å²) < 4.78 is 10.1. The van der Waals surface area contributed by atoms with Crippen molar-refractivity contribution in [3.8, 4) is 0 Å². The van der Waals surface area contributed by atoms with Gasteiger partial charge in [-0.25, -0.2) is 0 Å². The van der Waals surface area contributed by atoms with Crippen molar-refractivity contribution in [3.63, 3.8) is 0 Å². The molecule has 0 spiro atoms. The Hall–Kier alpha value is -5.78. The van der Waals surface area contributed by atoms with Crippen LogP contribution in [-0.2, 0) is 32.5 Å². The van der Waals surface area contributed by atoms with Crippen LogP contribution in [0.1, 0.15) is 161 Å². The van der Waals surface area contributed by atoms with E-state index in [0.717, 1.165) is 34.0 Å². The molecule has 0 atom stereocenters. The topological polar surface area (TPSA) is 19.6 Å². The van der Waals surface area contributed by atoms with Gasteiger partial charge in [0.1, 0.15) is 5.58 Å². The minimum Gasteiger partial charge on any atom is -0.454 e. The van der Waals surface area contributed by atoms with E-state index in [1.807, 2.05) is 0 Å². The third kappa shape index (κ3) is 6.10. The highest BCUT2D eigenvalue weighted by Gasteiger charge is 2.49. The molecule has 7 aromatic carbocycles. The number of hydrogen-bond acceptors (Lipinski definition) is 4. The van der Waals surface area contributed by atoms with Crippen LogP contribution < -0.4 is 25.5 Å². The summed E-state index contributed by atoms with van der Waals surface area (Å²) >= 11 is 2.07. The van der Waals surface area contributed by atoms with E-state index < -0.39 is 0 Å². The van der Waals surface area contributed by atoms with E-state index in [4.69, 9.17) is 4.42 Å². The fraction of sp³-hybridized carbons (Fsp3) is 0.373. The first kappa shape index (κ1) is 44.9. The number of furan rings is 1. The summed E-state index contributed by atoms with van der Waals surface area (Å²) in [5, 5.41) is 6.14. The molecule has 2 aliphatic heterocycles. The first-order valence-corrected chi connectivity index (χ1v) is 27.9. The van der Waals surface area contributed by atoms with Crippen LogP contribution >= 0.6 is 11.3 Å². The van der Waals surface area contributed by atoms with Crippen molar-refractivity contribution in [1.29, 1.82) is 0 Å².